The second-order valence-corrected chi connectivity index (χ2v) is 7.67. The van der Waals surface area contributed by atoms with Gasteiger partial charge in [-0.1, -0.05) is 11.8 Å². The minimum absolute atomic E-state index is 0.0282. The van der Waals surface area contributed by atoms with Crippen LogP contribution in [0.4, 0.5) is 4.79 Å². The van der Waals surface area contributed by atoms with Crippen LogP contribution in [0.3, 0.4) is 0 Å². The molecule has 0 bridgehead atoms. The topological polar surface area (TPSA) is 97.3 Å². The molecule has 1 N–H and O–H groups in total. The van der Waals surface area contributed by atoms with Crippen molar-refractivity contribution in [3.63, 3.8) is 0 Å². The van der Waals surface area contributed by atoms with Crippen LogP contribution in [0.15, 0.2) is 11.4 Å². The molecule has 1 saturated heterocycles. The fourth-order valence-electron chi connectivity index (χ4n) is 2.44. The summed E-state index contributed by atoms with van der Waals surface area (Å²) in [6.07, 6.45) is 4.43. The average Bonchev–Trinajstić information content (AvgIpc) is 2.58. The van der Waals surface area contributed by atoms with Crippen LogP contribution in [-0.4, -0.2) is 57.0 Å². The molecular formula is C16H25N5O3S. The van der Waals surface area contributed by atoms with Crippen LogP contribution in [0.5, 0.6) is 0 Å². The van der Waals surface area contributed by atoms with E-state index in [1.165, 1.54) is 11.8 Å². The van der Waals surface area contributed by atoms with Crippen LogP contribution < -0.4 is 5.32 Å². The molecule has 0 aromatic carbocycles. The summed E-state index contributed by atoms with van der Waals surface area (Å²) in [6.45, 7) is 6.88. The summed E-state index contributed by atoms with van der Waals surface area (Å²) in [5.74, 6) is -0.135. The molecule has 0 aliphatic carbocycles. The Morgan fingerprint density at radius 2 is 2.00 bits per heavy atom. The largest absolute Gasteiger partial charge is 0.444 e. The van der Waals surface area contributed by atoms with E-state index >= 15 is 0 Å². The van der Waals surface area contributed by atoms with E-state index in [4.69, 9.17) is 4.74 Å². The van der Waals surface area contributed by atoms with Crippen molar-refractivity contribution in [1.82, 2.24) is 25.4 Å². The number of hydrogen-bond donors (Lipinski definition) is 1. The number of nitrogens with one attached hydrogen (secondary N) is 1. The van der Waals surface area contributed by atoms with Crippen molar-refractivity contribution >= 4 is 23.8 Å². The van der Waals surface area contributed by atoms with Crippen molar-refractivity contribution in [3.8, 4) is 0 Å². The number of piperidine rings is 1. The number of amides is 2. The molecule has 0 saturated carbocycles. The molecule has 138 valence electrons. The molecule has 25 heavy (non-hydrogen) atoms. The maximum absolute atomic E-state index is 12.3. The SMILES string of the molecule is CSc1ncc(CNC(=O)C2CCN(C(=O)OC(C)(C)C)CC2)nn1. The number of carbonyl (C=O) groups is 2. The molecule has 1 aliphatic rings. The van der Waals surface area contributed by atoms with Gasteiger partial charge in [0.1, 0.15) is 11.3 Å². The Balaban J connectivity index is 1.76. The lowest BCUT2D eigenvalue weighted by atomic mass is 9.96. The highest BCUT2D eigenvalue weighted by Crippen LogP contribution is 2.20. The second kappa shape index (κ2) is 8.46. The highest BCUT2D eigenvalue weighted by atomic mass is 32.2. The van der Waals surface area contributed by atoms with Gasteiger partial charge in [-0.05, 0) is 39.9 Å². The molecule has 0 spiro atoms. The molecule has 8 nitrogen and oxygen atoms in total. The summed E-state index contributed by atoms with van der Waals surface area (Å²) in [7, 11) is 0. The van der Waals surface area contributed by atoms with Crippen LogP contribution in [0, 0.1) is 5.92 Å². The third-order valence-corrected chi connectivity index (χ3v) is 4.28. The van der Waals surface area contributed by atoms with Gasteiger partial charge >= 0.3 is 6.09 Å². The zero-order valence-electron chi connectivity index (χ0n) is 15.1. The lowest BCUT2D eigenvalue weighted by molar-refractivity contribution is -0.126. The van der Waals surface area contributed by atoms with Crippen LogP contribution in [0.2, 0.25) is 0 Å². The first-order valence-corrected chi connectivity index (χ1v) is 9.49. The van der Waals surface area contributed by atoms with E-state index < -0.39 is 5.60 Å². The van der Waals surface area contributed by atoms with Gasteiger partial charge < -0.3 is 15.0 Å². The number of rotatable bonds is 4. The van der Waals surface area contributed by atoms with Gasteiger partial charge in [-0.2, -0.15) is 0 Å². The summed E-state index contributed by atoms with van der Waals surface area (Å²) in [4.78, 5) is 30.1. The molecule has 0 atom stereocenters. The third-order valence-electron chi connectivity index (χ3n) is 3.73. The van der Waals surface area contributed by atoms with Crippen LogP contribution >= 0.6 is 11.8 Å². The zero-order chi connectivity index (χ0) is 18.4. The number of aromatic nitrogens is 3. The van der Waals surface area contributed by atoms with Crippen molar-refractivity contribution in [1.29, 1.82) is 0 Å². The Labute approximate surface area is 152 Å². The fourth-order valence-corrected chi connectivity index (χ4v) is 2.72. The van der Waals surface area contributed by atoms with E-state index in [2.05, 4.69) is 20.5 Å². The molecule has 2 amide bonds. The molecule has 2 rings (SSSR count). The lowest BCUT2D eigenvalue weighted by Crippen LogP contribution is -2.44. The zero-order valence-corrected chi connectivity index (χ0v) is 15.9. The quantitative estimate of drug-likeness (QED) is 0.811. The fraction of sp³-hybridized carbons (Fsp3) is 0.688. The number of hydrogen-bond acceptors (Lipinski definition) is 7. The molecule has 0 radical (unpaired) electrons. The maximum atomic E-state index is 12.3. The Bertz CT molecular complexity index is 595. The van der Waals surface area contributed by atoms with E-state index in [1.807, 2.05) is 27.0 Å². The van der Waals surface area contributed by atoms with Crippen molar-refractivity contribution in [3.05, 3.63) is 11.9 Å². The summed E-state index contributed by atoms with van der Waals surface area (Å²) < 4.78 is 5.36. The normalized spacial score (nSPS) is 15.8. The molecule has 0 unspecified atom stereocenters. The lowest BCUT2D eigenvalue weighted by Gasteiger charge is -2.32. The predicted octanol–water partition coefficient (Wildman–Crippen LogP) is 1.86. The Morgan fingerprint density at radius 1 is 1.32 bits per heavy atom. The standard InChI is InChI=1S/C16H25N5O3S/c1-16(2,3)24-15(23)21-7-5-11(6-8-21)13(22)17-9-12-10-18-14(25-4)20-19-12/h10-11H,5-9H2,1-4H3,(H,17,22). The van der Waals surface area contributed by atoms with Gasteiger partial charge in [0.05, 0.1) is 12.7 Å². The Kier molecular flexibility index (Phi) is 6.57. The highest BCUT2D eigenvalue weighted by Gasteiger charge is 2.29. The molecule has 9 heteroatoms. The number of carbonyl (C=O) groups excluding carboxylic acids is 2. The predicted molar refractivity (Wildman–Crippen MR) is 94.0 cm³/mol. The van der Waals surface area contributed by atoms with Crippen molar-refractivity contribution in [2.75, 3.05) is 19.3 Å². The van der Waals surface area contributed by atoms with Gasteiger partial charge in [0.2, 0.25) is 11.1 Å². The van der Waals surface area contributed by atoms with Gasteiger partial charge in [0.15, 0.2) is 0 Å². The van der Waals surface area contributed by atoms with Crippen molar-refractivity contribution < 1.29 is 14.3 Å². The van der Waals surface area contributed by atoms with E-state index in [0.29, 0.717) is 43.3 Å². The van der Waals surface area contributed by atoms with Crippen LogP contribution in [0.1, 0.15) is 39.3 Å². The van der Waals surface area contributed by atoms with E-state index in [0.717, 1.165) is 0 Å². The van der Waals surface area contributed by atoms with Crippen molar-refractivity contribution in [2.45, 2.75) is 50.9 Å². The highest BCUT2D eigenvalue weighted by molar-refractivity contribution is 7.98. The summed E-state index contributed by atoms with van der Waals surface area (Å²) >= 11 is 1.42. The van der Waals surface area contributed by atoms with E-state index in [9.17, 15) is 9.59 Å². The number of ether oxygens (including phenoxy) is 1. The summed E-state index contributed by atoms with van der Waals surface area (Å²) in [5, 5.41) is 11.4. The molecular weight excluding hydrogens is 342 g/mol. The molecule has 1 aliphatic heterocycles. The van der Waals surface area contributed by atoms with Gasteiger partial charge in [0, 0.05) is 19.0 Å². The Morgan fingerprint density at radius 3 is 2.52 bits per heavy atom. The molecule has 2 heterocycles. The van der Waals surface area contributed by atoms with E-state index in [1.54, 1.807) is 11.1 Å². The first kappa shape index (κ1) is 19.4. The van der Waals surface area contributed by atoms with Gasteiger partial charge in [-0.3, -0.25) is 4.79 Å². The second-order valence-electron chi connectivity index (χ2n) is 6.90. The van der Waals surface area contributed by atoms with Crippen LogP contribution in [-0.2, 0) is 16.1 Å². The minimum Gasteiger partial charge on any atom is -0.444 e. The maximum Gasteiger partial charge on any atom is 0.410 e. The first-order valence-electron chi connectivity index (χ1n) is 8.26. The minimum atomic E-state index is -0.508. The van der Waals surface area contributed by atoms with Gasteiger partial charge in [0.25, 0.3) is 0 Å². The number of likely N-dealkylation sites (tertiary alicyclic amines) is 1. The van der Waals surface area contributed by atoms with Crippen molar-refractivity contribution in [2.24, 2.45) is 5.92 Å². The number of thioether (sulfide) groups is 1. The van der Waals surface area contributed by atoms with Crippen LogP contribution in [0.25, 0.3) is 0 Å². The molecule has 1 aromatic heterocycles. The molecule has 1 aromatic rings. The monoisotopic (exact) mass is 367 g/mol. The van der Waals surface area contributed by atoms with Gasteiger partial charge in [-0.25, -0.2) is 9.78 Å². The Hall–Kier alpha value is -1.90. The average molecular weight is 367 g/mol. The molecule has 1 fully saturated rings. The number of nitrogens with zero attached hydrogens (tertiary/aromatic N) is 4. The van der Waals surface area contributed by atoms with Gasteiger partial charge in [-0.15, -0.1) is 10.2 Å². The van der Waals surface area contributed by atoms with E-state index in [-0.39, 0.29) is 17.9 Å². The third kappa shape index (κ3) is 6.15. The summed E-state index contributed by atoms with van der Waals surface area (Å²) in [5.41, 5.74) is 0.115. The first-order chi connectivity index (χ1) is 11.8. The smallest absolute Gasteiger partial charge is 0.410 e. The summed E-state index contributed by atoms with van der Waals surface area (Å²) in [6, 6.07) is 0.